The summed E-state index contributed by atoms with van der Waals surface area (Å²) in [7, 11) is 1.54. The zero-order valence-corrected chi connectivity index (χ0v) is 16.2. The number of fused-ring (bicyclic) bond motifs is 1. The highest BCUT2D eigenvalue weighted by Crippen LogP contribution is 2.26. The second kappa shape index (κ2) is 8.01. The molecule has 0 aliphatic heterocycles. The van der Waals surface area contributed by atoms with Gasteiger partial charge in [-0.1, -0.05) is 12.0 Å². The summed E-state index contributed by atoms with van der Waals surface area (Å²) < 4.78 is 5.63. The lowest BCUT2D eigenvalue weighted by molar-refractivity contribution is -0.123. The van der Waals surface area contributed by atoms with Crippen LogP contribution in [0.1, 0.15) is 22.3 Å². The van der Waals surface area contributed by atoms with E-state index in [0.717, 1.165) is 27.7 Å². The second-order valence-corrected chi connectivity index (χ2v) is 6.72. The van der Waals surface area contributed by atoms with E-state index < -0.39 is 0 Å². The van der Waals surface area contributed by atoms with Crippen molar-refractivity contribution < 1.29 is 14.0 Å². The zero-order chi connectivity index (χ0) is 20.3. The largest absolute Gasteiger partial charge is 0.464 e. The molecule has 0 spiro atoms. The number of nitrogens with one attached hydrogen (secondary N) is 1. The van der Waals surface area contributed by atoms with E-state index in [9.17, 15) is 9.59 Å². The first-order chi connectivity index (χ1) is 13.4. The van der Waals surface area contributed by atoms with Crippen LogP contribution < -0.4 is 10.2 Å². The number of anilines is 1. The molecule has 0 radical (unpaired) electrons. The molecule has 2 amide bonds. The van der Waals surface area contributed by atoms with Crippen LogP contribution in [0.15, 0.2) is 47.1 Å². The molecule has 1 heterocycles. The molecule has 0 aliphatic rings. The summed E-state index contributed by atoms with van der Waals surface area (Å²) in [6.45, 7) is 3.96. The van der Waals surface area contributed by atoms with Gasteiger partial charge in [0.05, 0.1) is 12.7 Å². The summed E-state index contributed by atoms with van der Waals surface area (Å²) >= 11 is 0. The van der Waals surface area contributed by atoms with Crippen molar-refractivity contribution in [3.8, 4) is 12.3 Å². The Hall–Kier alpha value is -3.52. The molecule has 5 heteroatoms. The van der Waals surface area contributed by atoms with Gasteiger partial charge in [-0.05, 0) is 55.3 Å². The van der Waals surface area contributed by atoms with Crippen LogP contribution in [0.4, 0.5) is 5.69 Å². The number of carbonyl (C=O) groups excluding carboxylic acids is 2. The summed E-state index contributed by atoms with van der Waals surface area (Å²) in [5.41, 5.74) is 5.03. The van der Waals surface area contributed by atoms with E-state index in [1.165, 1.54) is 11.9 Å². The number of benzene rings is 2. The molecule has 0 unspecified atom stereocenters. The quantitative estimate of drug-likeness (QED) is 0.697. The Kier molecular flexibility index (Phi) is 5.51. The summed E-state index contributed by atoms with van der Waals surface area (Å²) in [6, 6.07) is 11.0. The fourth-order valence-electron chi connectivity index (χ4n) is 3.04. The molecule has 0 aliphatic carbocycles. The van der Waals surface area contributed by atoms with Gasteiger partial charge in [-0.25, -0.2) is 0 Å². The van der Waals surface area contributed by atoms with Crippen molar-refractivity contribution in [3.05, 3.63) is 64.9 Å². The van der Waals surface area contributed by atoms with Gasteiger partial charge in [-0.15, -0.1) is 6.42 Å². The smallest absolute Gasteiger partial charge is 0.239 e. The average Bonchev–Trinajstić information content (AvgIpc) is 3.07. The van der Waals surface area contributed by atoms with Gasteiger partial charge in [0, 0.05) is 29.2 Å². The molecular formula is C23H22N2O3. The second-order valence-electron chi connectivity index (χ2n) is 6.72. The summed E-state index contributed by atoms with van der Waals surface area (Å²) in [4.78, 5) is 26.5. The maximum atomic E-state index is 13.1. The van der Waals surface area contributed by atoms with Crippen molar-refractivity contribution in [2.45, 2.75) is 20.3 Å². The van der Waals surface area contributed by atoms with E-state index in [1.54, 1.807) is 30.5 Å². The summed E-state index contributed by atoms with van der Waals surface area (Å²) in [6.07, 6.45) is 7.20. The first-order valence-electron chi connectivity index (χ1n) is 8.98. The first-order valence-corrected chi connectivity index (χ1v) is 8.98. The van der Waals surface area contributed by atoms with E-state index in [4.69, 9.17) is 10.8 Å². The Morgan fingerprint density at radius 2 is 1.93 bits per heavy atom. The van der Waals surface area contributed by atoms with Gasteiger partial charge in [0.1, 0.15) is 12.1 Å². The van der Waals surface area contributed by atoms with Gasteiger partial charge >= 0.3 is 0 Å². The minimum Gasteiger partial charge on any atom is -0.464 e. The number of terminal acetylenes is 1. The number of furan rings is 1. The third-order valence-electron chi connectivity index (χ3n) is 4.82. The Balaban J connectivity index is 1.94. The Morgan fingerprint density at radius 3 is 2.64 bits per heavy atom. The molecule has 2 aromatic carbocycles. The fourth-order valence-corrected chi connectivity index (χ4v) is 3.04. The van der Waals surface area contributed by atoms with Crippen molar-refractivity contribution in [2.24, 2.45) is 0 Å². The lowest BCUT2D eigenvalue weighted by atomic mass is 10.0. The van der Waals surface area contributed by atoms with Gasteiger partial charge in [0.2, 0.25) is 11.8 Å². The molecule has 0 bridgehead atoms. The number of hydrogen-bond donors (Lipinski definition) is 1. The highest BCUT2D eigenvalue weighted by Gasteiger charge is 2.21. The number of likely N-dealkylation sites (N-methyl/N-ethyl adjacent to an activating group) is 1. The van der Waals surface area contributed by atoms with Crippen LogP contribution in [0.25, 0.3) is 11.0 Å². The third kappa shape index (κ3) is 3.91. The number of aryl methyl sites for hydroxylation is 2. The molecule has 3 aromatic rings. The SMILES string of the molecule is C#Cc1cccc(N(CC(=O)NC)C(=O)Cc2coc3cc(C)c(C)cc23)c1. The minimum absolute atomic E-state index is 0.0860. The zero-order valence-electron chi connectivity index (χ0n) is 16.2. The number of rotatable bonds is 5. The van der Waals surface area contributed by atoms with Crippen LogP contribution in [0.3, 0.4) is 0 Å². The van der Waals surface area contributed by atoms with E-state index in [2.05, 4.69) is 11.2 Å². The monoisotopic (exact) mass is 374 g/mol. The lowest BCUT2D eigenvalue weighted by Gasteiger charge is -2.22. The number of amides is 2. The van der Waals surface area contributed by atoms with E-state index >= 15 is 0 Å². The standard InChI is InChI=1S/C23H22N2O3/c1-5-17-7-6-8-19(11-17)25(13-22(26)24-4)23(27)12-18-14-28-21-10-16(3)15(2)9-20(18)21/h1,6-11,14H,12-13H2,2-4H3,(H,24,26). The highest BCUT2D eigenvalue weighted by molar-refractivity contribution is 6.01. The number of carbonyl (C=O) groups is 2. The van der Waals surface area contributed by atoms with Crippen LogP contribution in [0.2, 0.25) is 0 Å². The van der Waals surface area contributed by atoms with Crippen LogP contribution in [0.5, 0.6) is 0 Å². The van der Waals surface area contributed by atoms with Crippen LogP contribution in [0, 0.1) is 26.2 Å². The van der Waals surface area contributed by atoms with Crippen LogP contribution in [-0.2, 0) is 16.0 Å². The molecule has 0 saturated carbocycles. The van der Waals surface area contributed by atoms with Gasteiger partial charge in [-0.3, -0.25) is 9.59 Å². The van der Waals surface area contributed by atoms with Gasteiger partial charge in [0.25, 0.3) is 0 Å². The number of hydrogen-bond acceptors (Lipinski definition) is 3. The van der Waals surface area contributed by atoms with Gasteiger partial charge in [0.15, 0.2) is 0 Å². The molecule has 1 aromatic heterocycles. The average molecular weight is 374 g/mol. The van der Waals surface area contributed by atoms with E-state index in [-0.39, 0.29) is 24.8 Å². The molecule has 0 fully saturated rings. The number of nitrogens with zero attached hydrogens (tertiary/aromatic N) is 1. The van der Waals surface area contributed by atoms with Crippen molar-refractivity contribution in [2.75, 3.05) is 18.5 Å². The first kappa shape index (κ1) is 19.2. The third-order valence-corrected chi connectivity index (χ3v) is 4.82. The maximum Gasteiger partial charge on any atom is 0.239 e. The molecule has 28 heavy (non-hydrogen) atoms. The van der Waals surface area contributed by atoms with E-state index in [1.807, 2.05) is 26.0 Å². The normalized spacial score (nSPS) is 10.5. The van der Waals surface area contributed by atoms with Crippen molar-refractivity contribution in [3.63, 3.8) is 0 Å². The lowest BCUT2D eigenvalue weighted by Crippen LogP contribution is -2.40. The molecule has 142 valence electrons. The van der Waals surface area contributed by atoms with Gasteiger partial charge in [-0.2, -0.15) is 0 Å². The summed E-state index contributed by atoms with van der Waals surface area (Å²) in [5.74, 6) is 2.09. The topological polar surface area (TPSA) is 62.6 Å². The minimum atomic E-state index is -0.261. The Bertz CT molecular complexity index is 1090. The Labute approximate surface area is 164 Å². The molecule has 0 saturated heterocycles. The highest BCUT2D eigenvalue weighted by atomic mass is 16.3. The van der Waals surface area contributed by atoms with Crippen LogP contribution in [-0.4, -0.2) is 25.4 Å². The van der Waals surface area contributed by atoms with Crippen molar-refractivity contribution in [1.29, 1.82) is 0 Å². The predicted molar refractivity (Wildman–Crippen MR) is 110 cm³/mol. The Morgan fingerprint density at radius 1 is 1.18 bits per heavy atom. The van der Waals surface area contributed by atoms with Crippen molar-refractivity contribution in [1.82, 2.24) is 5.32 Å². The molecule has 1 N–H and O–H groups in total. The predicted octanol–water partition coefficient (Wildman–Crippen LogP) is 3.35. The summed E-state index contributed by atoms with van der Waals surface area (Å²) in [5, 5.41) is 3.47. The maximum absolute atomic E-state index is 13.1. The van der Waals surface area contributed by atoms with E-state index in [0.29, 0.717) is 11.3 Å². The molecule has 5 nitrogen and oxygen atoms in total. The van der Waals surface area contributed by atoms with Gasteiger partial charge < -0.3 is 14.6 Å². The molecule has 3 rings (SSSR count). The van der Waals surface area contributed by atoms with Crippen LogP contribution >= 0.6 is 0 Å². The molecule has 0 atom stereocenters. The molecular weight excluding hydrogens is 352 g/mol. The fraction of sp³-hybridized carbons (Fsp3) is 0.217. The van der Waals surface area contributed by atoms with Crippen molar-refractivity contribution >= 4 is 28.5 Å².